The Kier molecular flexibility index (Phi) is 14.0. The van der Waals surface area contributed by atoms with Crippen LogP contribution in [0, 0.1) is 0 Å². The van der Waals surface area contributed by atoms with Crippen LogP contribution in [0.1, 0.15) is 82.8 Å². The zero-order valence-electron chi connectivity index (χ0n) is 17.9. The van der Waals surface area contributed by atoms with Crippen LogP contribution in [0.2, 0.25) is 0 Å². The number of rotatable bonds is 12. The maximum Gasteiger partial charge on any atom is 0.104 e. The lowest BCUT2D eigenvalue weighted by atomic mass is 9.99. The number of nitrogens with zero attached hydrogens (tertiary/aromatic N) is 1. The number of carbonyl (C=O) groups excluding carboxylic acids is 1. The van der Waals surface area contributed by atoms with E-state index in [1.165, 1.54) is 70.3 Å². The van der Waals surface area contributed by atoms with Crippen molar-refractivity contribution in [2.45, 2.75) is 84.6 Å². The number of hydrogen-bond donors (Lipinski definition) is 0. The summed E-state index contributed by atoms with van der Waals surface area (Å²) in [5, 5.41) is 9.26. The molecule has 0 aliphatic rings. The van der Waals surface area contributed by atoms with Gasteiger partial charge < -0.3 is 14.4 Å². The van der Waals surface area contributed by atoms with Gasteiger partial charge in [0.25, 0.3) is 0 Å². The van der Waals surface area contributed by atoms with Crippen molar-refractivity contribution in [2.75, 3.05) is 21.1 Å². The molecule has 0 aliphatic carbocycles. The number of hydrogen-bond acceptors (Lipinski definition) is 2. The molecule has 1 rings (SSSR count). The van der Waals surface area contributed by atoms with Crippen LogP contribution in [0.5, 0.6) is 0 Å². The highest BCUT2D eigenvalue weighted by atomic mass is 16.4. The number of aliphatic carboxylic acids is 1. The van der Waals surface area contributed by atoms with E-state index in [2.05, 4.69) is 52.3 Å². The molecule has 0 N–H and O–H groups in total. The third-order valence-electron chi connectivity index (χ3n) is 4.35. The van der Waals surface area contributed by atoms with Gasteiger partial charge in [-0.3, -0.25) is 0 Å². The Bertz CT molecular complexity index is 477. The van der Waals surface area contributed by atoms with E-state index in [1.807, 2.05) is 0 Å². The minimum atomic E-state index is -0.995. The number of carboxylic acid groups (broad SMARTS) is 1. The smallest absolute Gasteiger partial charge is 0.104 e. The maximum absolute atomic E-state index is 9.26. The van der Waals surface area contributed by atoms with Gasteiger partial charge >= 0.3 is 0 Å². The number of carboxylic acids is 1. The van der Waals surface area contributed by atoms with Crippen molar-refractivity contribution in [1.29, 1.82) is 0 Å². The molecule has 0 spiro atoms. The summed E-state index contributed by atoms with van der Waals surface area (Å²) in [7, 11) is 6.81. The van der Waals surface area contributed by atoms with Crippen LogP contribution < -0.4 is 5.11 Å². The molecule has 1 aromatic carbocycles. The van der Waals surface area contributed by atoms with E-state index in [0.717, 1.165) is 11.0 Å². The quantitative estimate of drug-likeness (QED) is 0.398. The molecule has 0 saturated heterocycles. The molecule has 0 atom stereocenters. The lowest BCUT2D eigenvalue weighted by Gasteiger charge is -2.25. The molecule has 0 bridgehead atoms. The van der Waals surface area contributed by atoms with Crippen LogP contribution in [0.4, 0.5) is 0 Å². The summed E-state index contributed by atoms with van der Waals surface area (Å²) in [5.41, 5.74) is 3.10. The monoisotopic (exact) mass is 363 g/mol. The molecule has 26 heavy (non-hydrogen) atoms. The summed E-state index contributed by atoms with van der Waals surface area (Å²) >= 11 is 0. The van der Waals surface area contributed by atoms with Crippen molar-refractivity contribution >= 4 is 5.97 Å². The third-order valence-corrected chi connectivity index (χ3v) is 4.35. The Hall–Kier alpha value is -1.35. The summed E-state index contributed by atoms with van der Waals surface area (Å²) in [6, 6.07) is 9.01. The number of quaternary nitrogens is 1. The predicted octanol–water partition coefficient (Wildman–Crippen LogP) is 4.72. The highest BCUT2D eigenvalue weighted by molar-refractivity contribution is 5.63. The molecule has 0 saturated carbocycles. The predicted molar refractivity (Wildman–Crippen MR) is 110 cm³/mol. The molecule has 3 nitrogen and oxygen atoms in total. The molecule has 0 aromatic heterocycles. The fraction of sp³-hybridized carbons (Fsp3) is 0.696. The molecule has 150 valence electrons. The van der Waals surface area contributed by atoms with Gasteiger partial charge in [0.05, 0.1) is 21.1 Å². The van der Waals surface area contributed by atoms with E-state index < -0.39 is 5.97 Å². The molecule has 0 unspecified atom stereocenters. The molecular weight excluding hydrogens is 322 g/mol. The van der Waals surface area contributed by atoms with Crippen LogP contribution in [0.3, 0.4) is 0 Å². The SMILES string of the molecule is CCC(=O)[O-].CCCCCCCCCCc1ccccc1C[N+](C)(C)C. The van der Waals surface area contributed by atoms with Gasteiger partial charge in [-0.2, -0.15) is 0 Å². The van der Waals surface area contributed by atoms with Crippen molar-refractivity contribution in [1.82, 2.24) is 0 Å². The fourth-order valence-electron chi connectivity index (χ4n) is 2.92. The van der Waals surface area contributed by atoms with E-state index >= 15 is 0 Å². The summed E-state index contributed by atoms with van der Waals surface area (Å²) in [6.45, 7) is 4.95. The van der Waals surface area contributed by atoms with E-state index in [-0.39, 0.29) is 6.42 Å². The molecular formula is C23H41NO2. The van der Waals surface area contributed by atoms with Crippen molar-refractivity contribution in [3.8, 4) is 0 Å². The maximum atomic E-state index is 9.26. The lowest BCUT2D eigenvalue weighted by Crippen LogP contribution is -2.33. The Balaban J connectivity index is 0.00000110. The number of carbonyl (C=O) groups is 1. The van der Waals surface area contributed by atoms with Gasteiger partial charge in [-0.25, -0.2) is 0 Å². The summed E-state index contributed by atoms with van der Waals surface area (Å²) in [5.74, 6) is -0.995. The van der Waals surface area contributed by atoms with Gasteiger partial charge in [0.15, 0.2) is 0 Å². The van der Waals surface area contributed by atoms with Crippen molar-refractivity contribution in [3.63, 3.8) is 0 Å². The second-order valence-electron chi connectivity index (χ2n) is 8.17. The van der Waals surface area contributed by atoms with Crippen LogP contribution >= 0.6 is 0 Å². The number of unbranched alkanes of at least 4 members (excludes halogenated alkanes) is 7. The molecule has 0 heterocycles. The first-order valence-corrected chi connectivity index (χ1v) is 10.4. The van der Waals surface area contributed by atoms with Crippen LogP contribution in [0.25, 0.3) is 0 Å². The Labute approximate surface area is 162 Å². The summed E-state index contributed by atoms with van der Waals surface area (Å²) in [4.78, 5) is 9.26. The van der Waals surface area contributed by atoms with Crippen LogP contribution in [0.15, 0.2) is 24.3 Å². The highest BCUT2D eigenvalue weighted by Crippen LogP contribution is 2.17. The minimum Gasteiger partial charge on any atom is -0.550 e. The number of benzene rings is 1. The van der Waals surface area contributed by atoms with Gasteiger partial charge in [0, 0.05) is 11.5 Å². The zero-order chi connectivity index (χ0) is 19.8. The molecule has 0 amide bonds. The first-order valence-electron chi connectivity index (χ1n) is 10.4. The summed E-state index contributed by atoms with van der Waals surface area (Å²) < 4.78 is 1.01. The molecule has 0 aliphatic heterocycles. The van der Waals surface area contributed by atoms with E-state index in [9.17, 15) is 9.90 Å². The van der Waals surface area contributed by atoms with Gasteiger partial charge in [-0.1, -0.05) is 83.1 Å². The fourth-order valence-corrected chi connectivity index (χ4v) is 2.92. The average Bonchev–Trinajstić information content (AvgIpc) is 2.58. The highest BCUT2D eigenvalue weighted by Gasteiger charge is 2.11. The second kappa shape index (κ2) is 14.8. The largest absolute Gasteiger partial charge is 0.550 e. The van der Waals surface area contributed by atoms with Crippen LogP contribution in [-0.4, -0.2) is 31.6 Å². The summed E-state index contributed by atoms with van der Waals surface area (Å²) in [6.07, 6.45) is 12.6. The van der Waals surface area contributed by atoms with E-state index in [4.69, 9.17) is 0 Å². The normalized spacial score (nSPS) is 11.0. The zero-order valence-corrected chi connectivity index (χ0v) is 17.9. The Morgan fingerprint density at radius 1 is 0.846 bits per heavy atom. The van der Waals surface area contributed by atoms with Crippen molar-refractivity contribution in [3.05, 3.63) is 35.4 Å². The molecule has 0 fully saturated rings. The molecule has 3 heteroatoms. The third kappa shape index (κ3) is 14.9. The first-order chi connectivity index (χ1) is 12.3. The van der Waals surface area contributed by atoms with Gasteiger partial charge in [-0.15, -0.1) is 0 Å². The molecule has 1 aromatic rings. The Morgan fingerprint density at radius 3 is 1.77 bits per heavy atom. The Morgan fingerprint density at radius 2 is 1.31 bits per heavy atom. The van der Waals surface area contributed by atoms with E-state index in [1.54, 1.807) is 5.56 Å². The standard InChI is InChI=1S/C20H36N.C3H6O2/c1-5-6-7-8-9-10-11-12-15-19-16-13-14-17-20(19)18-21(2,3)4;1-2-3(4)5/h13-14,16-17H,5-12,15,18H2,1-4H3;2H2,1H3,(H,4,5)/q+1;/p-1. The van der Waals surface area contributed by atoms with Gasteiger partial charge in [-0.05, 0) is 24.8 Å². The van der Waals surface area contributed by atoms with E-state index in [0.29, 0.717) is 0 Å². The topological polar surface area (TPSA) is 40.1 Å². The average molecular weight is 364 g/mol. The number of aryl methyl sites for hydroxylation is 1. The molecule has 0 radical (unpaired) electrons. The first kappa shape index (κ1) is 24.7. The van der Waals surface area contributed by atoms with Crippen molar-refractivity contribution in [2.24, 2.45) is 0 Å². The van der Waals surface area contributed by atoms with Crippen molar-refractivity contribution < 1.29 is 14.4 Å². The minimum absolute atomic E-state index is 0.111. The second-order valence-corrected chi connectivity index (χ2v) is 8.17. The lowest BCUT2D eigenvalue weighted by molar-refractivity contribution is -0.884. The van der Waals surface area contributed by atoms with Gasteiger partial charge in [0.1, 0.15) is 6.54 Å². The van der Waals surface area contributed by atoms with Crippen LogP contribution in [-0.2, 0) is 17.8 Å². The van der Waals surface area contributed by atoms with Gasteiger partial charge in [0.2, 0.25) is 0 Å².